The molecular formula is C20H25ClN2O3. The van der Waals surface area contributed by atoms with Gasteiger partial charge in [0.1, 0.15) is 0 Å². The summed E-state index contributed by atoms with van der Waals surface area (Å²) in [5, 5.41) is 3.60. The fourth-order valence-corrected chi connectivity index (χ4v) is 2.84. The highest BCUT2D eigenvalue weighted by molar-refractivity contribution is 6.30. The SMILES string of the molecule is CCN(CC(=O)NCc1cccc(Cl)c1)Cc1ccc(OC)c(OC)c1. The minimum Gasteiger partial charge on any atom is -0.493 e. The maximum atomic E-state index is 12.3. The predicted molar refractivity (Wildman–Crippen MR) is 104 cm³/mol. The van der Waals surface area contributed by atoms with Crippen molar-refractivity contribution in [3.05, 3.63) is 58.6 Å². The molecule has 0 fully saturated rings. The van der Waals surface area contributed by atoms with Crippen molar-refractivity contribution in [1.82, 2.24) is 10.2 Å². The number of nitrogens with one attached hydrogen (secondary N) is 1. The van der Waals surface area contributed by atoms with Crippen LogP contribution in [0.25, 0.3) is 0 Å². The highest BCUT2D eigenvalue weighted by atomic mass is 35.5. The Bertz CT molecular complexity index is 737. The summed E-state index contributed by atoms with van der Waals surface area (Å²) in [4.78, 5) is 14.3. The Hall–Kier alpha value is -2.24. The van der Waals surface area contributed by atoms with Crippen molar-refractivity contribution in [2.24, 2.45) is 0 Å². The van der Waals surface area contributed by atoms with Crippen molar-refractivity contribution in [2.75, 3.05) is 27.3 Å². The van der Waals surface area contributed by atoms with Gasteiger partial charge in [0.2, 0.25) is 5.91 Å². The first-order chi connectivity index (χ1) is 12.5. The molecule has 0 heterocycles. The molecular weight excluding hydrogens is 352 g/mol. The molecule has 6 heteroatoms. The average Bonchev–Trinajstić information content (AvgIpc) is 2.65. The molecule has 5 nitrogen and oxygen atoms in total. The number of nitrogens with zero attached hydrogens (tertiary/aromatic N) is 1. The quantitative estimate of drug-likeness (QED) is 0.727. The third kappa shape index (κ3) is 5.93. The summed E-state index contributed by atoms with van der Waals surface area (Å²) in [6.45, 7) is 4.24. The number of carbonyl (C=O) groups excluding carboxylic acids is 1. The van der Waals surface area contributed by atoms with Gasteiger partial charge in [0.25, 0.3) is 0 Å². The third-order valence-electron chi connectivity index (χ3n) is 4.05. The minimum atomic E-state index is -0.0210. The third-order valence-corrected chi connectivity index (χ3v) is 4.28. The number of carbonyl (C=O) groups is 1. The van der Waals surface area contributed by atoms with Crippen LogP contribution in [0.15, 0.2) is 42.5 Å². The molecule has 0 spiro atoms. The largest absolute Gasteiger partial charge is 0.493 e. The molecule has 0 aliphatic heterocycles. The number of likely N-dealkylation sites (N-methyl/N-ethyl adjacent to an activating group) is 1. The predicted octanol–water partition coefficient (Wildman–Crippen LogP) is 3.50. The minimum absolute atomic E-state index is 0.0210. The fourth-order valence-electron chi connectivity index (χ4n) is 2.62. The van der Waals surface area contributed by atoms with E-state index >= 15 is 0 Å². The number of rotatable bonds is 9. The summed E-state index contributed by atoms with van der Waals surface area (Å²) in [5.74, 6) is 1.36. The Morgan fingerprint density at radius 3 is 2.50 bits per heavy atom. The molecule has 0 aromatic heterocycles. The van der Waals surface area contributed by atoms with Crippen LogP contribution in [0.5, 0.6) is 11.5 Å². The molecule has 0 saturated carbocycles. The fraction of sp³-hybridized carbons (Fsp3) is 0.350. The summed E-state index contributed by atoms with van der Waals surface area (Å²) < 4.78 is 10.6. The molecule has 0 unspecified atom stereocenters. The van der Waals surface area contributed by atoms with Crippen molar-refractivity contribution in [3.63, 3.8) is 0 Å². The maximum absolute atomic E-state index is 12.3. The first-order valence-corrected chi connectivity index (χ1v) is 8.88. The smallest absolute Gasteiger partial charge is 0.234 e. The van der Waals surface area contributed by atoms with E-state index in [9.17, 15) is 4.79 Å². The van der Waals surface area contributed by atoms with Crippen molar-refractivity contribution in [1.29, 1.82) is 0 Å². The summed E-state index contributed by atoms with van der Waals surface area (Å²) in [6, 6.07) is 13.3. The number of hydrogen-bond acceptors (Lipinski definition) is 4. The monoisotopic (exact) mass is 376 g/mol. The van der Waals surface area contributed by atoms with Gasteiger partial charge in [-0.1, -0.05) is 36.7 Å². The number of benzene rings is 2. The normalized spacial score (nSPS) is 10.7. The van der Waals surface area contributed by atoms with Crippen LogP contribution in [0.1, 0.15) is 18.1 Å². The molecule has 2 rings (SSSR count). The van der Waals surface area contributed by atoms with Crippen LogP contribution in [0.3, 0.4) is 0 Å². The molecule has 0 saturated heterocycles. The number of methoxy groups -OCH3 is 2. The van der Waals surface area contributed by atoms with Crippen molar-refractivity contribution in [2.45, 2.75) is 20.0 Å². The van der Waals surface area contributed by atoms with Gasteiger partial charge in [0.15, 0.2) is 11.5 Å². The van der Waals surface area contributed by atoms with Gasteiger partial charge >= 0.3 is 0 Å². The second kappa shape index (κ2) is 10.0. The van der Waals surface area contributed by atoms with Gasteiger partial charge in [-0.05, 0) is 41.9 Å². The summed E-state index contributed by atoms with van der Waals surface area (Å²) in [5.41, 5.74) is 2.04. The molecule has 2 aromatic rings. The lowest BCUT2D eigenvalue weighted by Gasteiger charge is -2.20. The van der Waals surface area contributed by atoms with Crippen LogP contribution < -0.4 is 14.8 Å². The molecule has 0 aliphatic rings. The van der Waals surface area contributed by atoms with E-state index in [4.69, 9.17) is 21.1 Å². The first kappa shape index (κ1) is 20.1. The second-order valence-corrected chi connectivity index (χ2v) is 6.34. The van der Waals surface area contributed by atoms with E-state index in [1.165, 1.54) is 0 Å². The number of amides is 1. The van der Waals surface area contributed by atoms with E-state index in [1.54, 1.807) is 14.2 Å². The molecule has 0 aliphatic carbocycles. The van der Waals surface area contributed by atoms with Gasteiger partial charge in [-0.3, -0.25) is 9.69 Å². The van der Waals surface area contributed by atoms with E-state index in [0.29, 0.717) is 36.2 Å². The van der Waals surface area contributed by atoms with E-state index in [2.05, 4.69) is 10.2 Å². The number of ether oxygens (including phenoxy) is 2. The highest BCUT2D eigenvalue weighted by Gasteiger charge is 2.12. The maximum Gasteiger partial charge on any atom is 0.234 e. The zero-order valence-electron chi connectivity index (χ0n) is 15.4. The van der Waals surface area contributed by atoms with Crippen LogP contribution in [0.2, 0.25) is 5.02 Å². The van der Waals surface area contributed by atoms with Crippen molar-refractivity contribution < 1.29 is 14.3 Å². The van der Waals surface area contributed by atoms with Gasteiger partial charge < -0.3 is 14.8 Å². The molecule has 1 N–H and O–H groups in total. The Labute approximate surface area is 159 Å². The lowest BCUT2D eigenvalue weighted by atomic mass is 10.2. The standard InChI is InChI=1S/C20H25ClN2O3/c1-4-23(13-16-8-9-18(25-2)19(11-16)26-3)14-20(24)22-12-15-6-5-7-17(21)10-15/h5-11H,4,12-14H2,1-3H3,(H,22,24). The first-order valence-electron chi connectivity index (χ1n) is 8.50. The second-order valence-electron chi connectivity index (χ2n) is 5.90. The van der Waals surface area contributed by atoms with Crippen molar-refractivity contribution in [3.8, 4) is 11.5 Å². The zero-order valence-corrected chi connectivity index (χ0v) is 16.2. The highest BCUT2D eigenvalue weighted by Crippen LogP contribution is 2.28. The van der Waals surface area contributed by atoms with E-state index < -0.39 is 0 Å². The van der Waals surface area contributed by atoms with Crippen LogP contribution >= 0.6 is 11.6 Å². The van der Waals surface area contributed by atoms with Crippen LogP contribution in [0.4, 0.5) is 0 Å². The van der Waals surface area contributed by atoms with Gasteiger partial charge in [0, 0.05) is 18.1 Å². The molecule has 0 bridgehead atoms. The number of halogens is 1. The van der Waals surface area contributed by atoms with Gasteiger partial charge in [0.05, 0.1) is 20.8 Å². The summed E-state index contributed by atoms with van der Waals surface area (Å²) in [7, 11) is 3.22. The van der Waals surface area contributed by atoms with Crippen molar-refractivity contribution >= 4 is 17.5 Å². The Morgan fingerprint density at radius 2 is 1.85 bits per heavy atom. The van der Waals surface area contributed by atoms with E-state index in [0.717, 1.165) is 17.7 Å². The molecule has 2 aromatic carbocycles. The lowest BCUT2D eigenvalue weighted by molar-refractivity contribution is -0.122. The number of hydrogen-bond donors (Lipinski definition) is 1. The molecule has 0 atom stereocenters. The molecule has 26 heavy (non-hydrogen) atoms. The van der Waals surface area contributed by atoms with E-state index in [1.807, 2.05) is 49.4 Å². The molecule has 1 amide bonds. The average molecular weight is 377 g/mol. The van der Waals surface area contributed by atoms with E-state index in [-0.39, 0.29) is 5.91 Å². The topological polar surface area (TPSA) is 50.8 Å². The zero-order chi connectivity index (χ0) is 18.9. The van der Waals surface area contributed by atoms with Crippen LogP contribution in [0, 0.1) is 0 Å². The summed E-state index contributed by atoms with van der Waals surface area (Å²) in [6.07, 6.45) is 0. The van der Waals surface area contributed by atoms with Gasteiger partial charge in [-0.25, -0.2) is 0 Å². The molecule has 0 radical (unpaired) electrons. The molecule has 140 valence electrons. The van der Waals surface area contributed by atoms with Crippen LogP contribution in [-0.2, 0) is 17.9 Å². The van der Waals surface area contributed by atoms with Crippen LogP contribution in [-0.4, -0.2) is 38.1 Å². The Balaban J connectivity index is 1.91. The van der Waals surface area contributed by atoms with Gasteiger partial charge in [-0.15, -0.1) is 0 Å². The lowest BCUT2D eigenvalue weighted by Crippen LogP contribution is -2.36. The Morgan fingerprint density at radius 1 is 1.08 bits per heavy atom. The Kier molecular flexibility index (Phi) is 7.75. The summed E-state index contributed by atoms with van der Waals surface area (Å²) >= 11 is 5.96. The van der Waals surface area contributed by atoms with Gasteiger partial charge in [-0.2, -0.15) is 0 Å².